The molecule has 0 fully saturated rings. The zero-order chi connectivity index (χ0) is 14.4. The lowest BCUT2D eigenvalue weighted by Crippen LogP contribution is -2.11. The number of aromatic amines is 1. The molecule has 0 saturated carbocycles. The van der Waals surface area contributed by atoms with Crippen LogP contribution in [0, 0.1) is 4.91 Å². The highest BCUT2D eigenvalue weighted by molar-refractivity contribution is 9.10. The van der Waals surface area contributed by atoms with Gasteiger partial charge in [0.1, 0.15) is 0 Å². The topological polar surface area (TPSA) is 82.5 Å². The second-order valence-corrected chi connectivity index (χ2v) is 4.44. The summed E-state index contributed by atoms with van der Waals surface area (Å²) >= 11 is 2.72. The third kappa shape index (κ3) is 2.09. The number of fused-ring (bicyclic) bond motifs is 1. The zero-order valence-electron chi connectivity index (χ0n) is 8.88. The van der Waals surface area contributed by atoms with E-state index in [1.165, 1.54) is 6.07 Å². The minimum absolute atomic E-state index is 0.245. The number of hydrogen-bond acceptors (Lipinski definition) is 4. The molecule has 1 aromatic carbocycles. The number of H-pyrrole nitrogens is 1. The van der Waals surface area contributed by atoms with Crippen molar-refractivity contribution in [3.8, 4) is 5.75 Å². The van der Waals surface area contributed by atoms with Crippen molar-refractivity contribution < 1.29 is 18.3 Å². The summed E-state index contributed by atoms with van der Waals surface area (Å²) in [6.45, 7) is 0. The van der Waals surface area contributed by atoms with Crippen LogP contribution in [-0.2, 0) is 6.18 Å². The molecule has 1 heterocycles. The van der Waals surface area contributed by atoms with Crippen LogP contribution in [0.5, 0.6) is 5.75 Å². The number of hydrogen-bond donors (Lipinski definition) is 2. The fourth-order valence-corrected chi connectivity index (χ4v) is 2.25. The molecule has 0 bridgehead atoms. The molecule has 0 aliphatic rings. The van der Waals surface area contributed by atoms with Crippen LogP contribution < -0.4 is 5.56 Å². The molecule has 0 spiro atoms. The molecule has 0 aliphatic heterocycles. The van der Waals surface area contributed by atoms with E-state index < -0.39 is 34.1 Å². The number of pyridine rings is 1. The lowest BCUT2D eigenvalue weighted by molar-refractivity contribution is -0.136. The van der Waals surface area contributed by atoms with E-state index in [1.54, 1.807) is 0 Å². The van der Waals surface area contributed by atoms with E-state index in [-0.39, 0.29) is 9.99 Å². The quantitative estimate of drug-likeness (QED) is 0.783. The molecule has 2 N–H and O–H groups in total. The van der Waals surface area contributed by atoms with Gasteiger partial charge in [-0.05, 0) is 17.3 Å². The number of aromatic hydroxyl groups is 1. The highest BCUT2D eigenvalue weighted by Crippen LogP contribution is 2.44. The lowest BCUT2D eigenvalue weighted by atomic mass is 10.1. The molecule has 9 heteroatoms. The van der Waals surface area contributed by atoms with Gasteiger partial charge in [-0.1, -0.05) is 15.9 Å². The molecule has 2 rings (SSSR count). The number of nitrogens with zero attached hydrogens (tertiary/aromatic N) is 1. The molecule has 1 aromatic heterocycles. The van der Waals surface area contributed by atoms with Gasteiger partial charge < -0.3 is 10.1 Å². The average Bonchev–Trinajstić information content (AvgIpc) is 2.29. The van der Waals surface area contributed by atoms with Crippen molar-refractivity contribution in [2.45, 2.75) is 6.18 Å². The summed E-state index contributed by atoms with van der Waals surface area (Å²) in [5.74, 6) is -1.10. The first-order valence-electron chi connectivity index (χ1n) is 4.75. The molecule has 19 heavy (non-hydrogen) atoms. The maximum absolute atomic E-state index is 13.0. The van der Waals surface area contributed by atoms with E-state index in [1.807, 2.05) is 0 Å². The Morgan fingerprint density at radius 2 is 1.95 bits per heavy atom. The first kappa shape index (κ1) is 13.5. The molecule has 0 amide bonds. The molecule has 0 radical (unpaired) electrons. The van der Waals surface area contributed by atoms with Crippen LogP contribution >= 0.6 is 15.9 Å². The van der Waals surface area contributed by atoms with E-state index in [0.29, 0.717) is 0 Å². The third-order valence-electron chi connectivity index (χ3n) is 2.45. The van der Waals surface area contributed by atoms with Gasteiger partial charge in [-0.3, -0.25) is 4.79 Å². The summed E-state index contributed by atoms with van der Waals surface area (Å²) in [4.78, 5) is 23.8. The average molecular weight is 337 g/mol. The van der Waals surface area contributed by atoms with Gasteiger partial charge in [0.15, 0.2) is 5.75 Å². The zero-order valence-corrected chi connectivity index (χ0v) is 10.5. The minimum Gasteiger partial charge on any atom is -0.505 e. The van der Waals surface area contributed by atoms with Gasteiger partial charge in [0.05, 0.1) is 16.5 Å². The van der Waals surface area contributed by atoms with Crippen LogP contribution in [0.4, 0.5) is 18.9 Å². The Morgan fingerprint density at radius 1 is 1.32 bits per heavy atom. The number of nitrogens with one attached hydrogen (secondary N) is 1. The lowest BCUT2D eigenvalue weighted by Gasteiger charge is -2.13. The van der Waals surface area contributed by atoms with E-state index >= 15 is 0 Å². The maximum Gasteiger partial charge on any atom is 0.418 e. The van der Waals surface area contributed by atoms with Crippen LogP contribution in [0.2, 0.25) is 0 Å². The van der Waals surface area contributed by atoms with Crippen LogP contribution in [0.3, 0.4) is 0 Å². The highest BCUT2D eigenvalue weighted by atomic mass is 79.9. The van der Waals surface area contributed by atoms with Crippen molar-refractivity contribution in [3.63, 3.8) is 0 Å². The Bertz CT molecular complexity index is 739. The molecule has 100 valence electrons. The van der Waals surface area contributed by atoms with Crippen LogP contribution in [0.1, 0.15) is 5.56 Å². The van der Waals surface area contributed by atoms with Crippen molar-refractivity contribution in [2.75, 3.05) is 0 Å². The third-order valence-corrected chi connectivity index (χ3v) is 3.11. The first-order chi connectivity index (χ1) is 8.77. The Labute approximate surface area is 111 Å². The molecular weight excluding hydrogens is 333 g/mol. The van der Waals surface area contributed by atoms with Crippen molar-refractivity contribution in [1.29, 1.82) is 0 Å². The maximum atomic E-state index is 13.0. The molecule has 5 nitrogen and oxygen atoms in total. The summed E-state index contributed by atoms with van der Waals surface area (Å²) in [6, 6.07) is 2.25. The van der Waals surface area contributed by atoms with E-state index in [2.05, 4.69) is 26.1 Å². The standard InChI is InChI=1S/C10H4BrF3N2O3/c11-3-1-2-4-5(6(3)10(12,13)14)8(17)7(16-19)9(18)15-4/h1-2H,(H2,15,17,18). The predicted molar refractivity (Wildman–Crippen MR) is 64.4 cm³/mol. The first-order valence-corrected chi connectivity index (χ1v) is 5.54. The fourth-order valence-electron chi connectivity index (χ4n) is 1.70. The smallest absolute Gasteiger partial charge is 0.418 e. The number of nitroso groups, excluding NO2 is 1. The van der Waals surface area contributed by atoms with Gasteiger partial charge in [-0.15, -0.1) is 4.91 Å². The van der Waals surface area contributed by atoms with Crippen molar-refractivity contribution >= 4 is 32.5 Å². The summed E-state index contributed by atoms with van der Waals surface area (Å²) in [6.07, 6.45) is -4.78. The summed E-state index contributed by atoms with van der Waals surface area (Å²) < 4.78 is 38.5. The van der Waals surface area contributed by atoms with Crippen molar-refractivity contribution in [1.82, 2.24) is 4.98 Å². The number of halogens is 4. The second-order valence-electron chi connectivity index (χ2n) is 3.59. The molecule has 0 saturated heterocycles. The molecule has 0 unspecified atom stereocenters. The summed E-state index contributed by atoms with van der Waals surface area (Å²) in [5.41, 5.74) is -3.49. The molecular formula is C10H4BrF3N2O3. The summed E-state index contributed by atoms with van der Waals surface area (Å²) in [5, 5.41) is 11.2. The van der Waals surface area contributed by atoms with Gasteiger partial charge in [0.2, 0.25) is 5.69 Å². The SMILES string of the molecule is O=Nc1c(O)c2c(C(F)(F)F)c(Br)ccc2[nH]c1=O. The Balaban J connectivity index is 3.08. The van der Waals surface area contributed by atoms with Crippen molar-refractivity contribution in [2.24, 2.45) is 5.18 Å². The molecule has 0 atom stereocenters. The van der Waals surface area contributed by atoms with Crippen molar-refractivity contribution in [3.05, 3.63) is 37.4 Å². The minimum atomic E-state index is -4.78. The largest absolute Gasteiger partial charge is 0.505 e. The normalized spacial score (nSPS) is 11.8. The number of benzene rings is 1. The van der Waals surface area contributed by atoms with Gasteiger partial charge in [-0.2, -0.15) is 13.2 Å². The van der Waals surface area contributed by atoms with Gasteiger partial charge in [0.25, 0.3) is 5.56 Å². The Kier molecular flexibility index (Phi) is 3.09. The van der Waals surface area contributed by atoms with Crippen LogP contribution in [0.25, 0.3) is 10.9 Å². The van der Waals surface area contributed by atoms with E-state index in [4.69, 9.17) is 0 Å². The number of alkyl halides is 3. The van der Waals surface area contributed by atoms with Crippen LogP contribution in [-0.4, -0.2) is 10.1 Å². The molecule has 0 aliphatic carbocycles. The van der Waals surface area contributed by atoms with Gasteiger partial charge in [0, 0.05) is 4.47 Å². The highest BCUT2D eigenvalue weighted by Gasteiger charge is 2.37. The van der Waals surface area contributed by atoms with Crippen LogP contribution in [0.15, 0.2) is 26.6 Å². The second kappa shape index (κ2) is 4.34. The summed E-state index contributed by atoms with van der Waals surface area (Å²) in [7, 11) is 0. The van der Waals surface area contributed by atoms with E-state index in [0.717, 1.165) is 6.07 Å². The number of aromatic nitrogens is 1. The van der Waals surface area contributed by atoms with Gasteiger partial charge in [-0.25, -0.2) is 0 Å². The number of rotatable bonds is 1. The fraction of sp³-hybridized carbons (Fsp3) is 0.100. The van der Waals surface area contributed by atoms with E-state index in [9.17, 15) is 28.0 Å². The Morgan fingerprint density at radius 3 is 2.47 bits per heavy atom. The monoisotopic (exact) mass is 336 g/mol. The predicted octanol–water partition coefficient (Wildman–Crippen LogP) is 3.41. The molecule has 2 aromatic rings. The Hall–Kier alpha value is -1.90. The van der Waals surface area contributed by atoms with Gasteiger partial charge >= 0.3 is 6.18 Å².